The molecule has 0 spiro atoms. The van der Waals surface area contributed by atoms with E-state index in [1.54, 1.807) is 0 Å². The molecule has 86 valence electrons. The number of fused-ring (bicyclic) bond motifs is 3. The molecule has 1 aliphatic carbocycles. The van der Waals surface area contributed by atoms with Gasteiger partial charge in [0.05, 0.1) is 0 Å². The van der Waals surface area contributed by atoms with Crippen LogP contribution in [-0.4, -0.2) is 0 Å². The SMILES string of the molecule is Cc1ccc2c(c1)Cc1c(C)cc(C)c(C)c1-2. The smallest absolute Gasteiger partial charge is 0.00106 e. The average molecular weight is 222 g/mol. The molecular formula is C17H18. The van der Waals surface area contributed by atoms with Gasteiger partial charge in [-0.05, 0) is 73.1 Å². The molecule has 0 aliphatic heterocycles. The maximum Gasteiger partial charge on any atom is -0.00106 e. The van der Waals surface area contributed by atoms with Gasteiger partial charge in [-0.3, -0.25) is 0 Å². The molecular weight excluding hydrogens is 204 g/mol. The van der Waals surface area contributed by atoms with Crippen molar-refractivity contribution >= 4 is 0 Å². The summed E-state index contributed by atoms with van der Waals surface area (Å²) in [5, 5.41) is 0. The highest BCUT2D eigenvalue weighted by Crippen LogP contribution is 2.41. The van der Waals surface area contributed by atoms with E-state index >= 15 is 0 Å². The Bertz CT molecular complexity index is 618. The van der Waals surface area contributed by atoms with Crippen molar-refractivity contribution < 1.29 is 0 Å². The molecule has 0 fully saturated rings. The first kappa shape index (κ1) is 10.6. The second kappa shape index (κ2) is 3.46. The third kappa shape index (κ3) is 1.44. The van der Waals surface area contributed by atoms with E-state index in [2.05, 4.69) is 52.0 Å². The summed E-state index contributed by atoms with van der Waals surface area (Å²) in [6, 6.07) is 9.18. The molecule has 0 unspecified atom stereocenters. The van der Waals surface area contributed by atoms with Gasteiger partial charge in [0.1, 0.15) is 0 Å². The van der Waals surface area contributed by atoms with E-state index < -0.39 is 0 Å². The first-order valence-corrected chi connectivity index (χ1v) is 6.27. The van der Waals surface area contributed by atoms with E-state index in [1.165, 1.54) is 44.5 Å². The fraction of sp³-hybridized carbons (Fsp3) is 0.294. The predicted octanol–water partition coefficient (Wildman–Crippen LogP) is 4.49. The summed E-state index contributed by atoms with van der Waals surface area (Å²) in [5.41, 5.74) is 11.7. The van der Waals surface area contributed by atoms with Crippen molar-refractivity contribution in [2.45, 2.75) is 34.1 Å². The lowest BCUT2D eigenvalue weighted by Crippen LogP contribution is -1.92. The number of hydrogen-bond donors (Lipinski definition) is 0. The fourth-order valence-corrected chi connectivity index (χ4v) is 3.04. The zero-order chi connectivity index (χ0) is 12.2. The van der Waals surface area contributed by atoms with Crippen molar-refractivity contribution in [3.05, 3.63) is 57.6 Å². The van der Waals surface area contributed by atoms with Crippen LogP contribution in [0.3, 0.4) is 0 Å². The number of aryl methyl sites for hydroxylation is 3. The van der Waals surface area contributed by atoms with Crippen LogP contribution in [0.25, 0.3) is 11.1 Å². The fourth-order valence-electron chi connectivity index (χ4n) is 3.04. The normalized spacial score (nSPS) is 12.5. The number of rotatable bonds is 0. The van der Waals surface area contributed by atoms with Crippen LogP contribution in [0.15, 0.2) is 24.3 Å². The molecule has 0 atom stereocenters. The van der Waals surface area contributed by atoms with Gasteiger partial charge in [0, 0.05) is 0 Å². The van der Waals surface area contributed by atoms with Gasteiger partial charge in [-0.25, -0.2) is 0 Å². The molecule has 0 radical (unpaired) electrons. The highest BCUT2D eigenvalue weighted by atomic mass is 14.3. The molecule has 0 heterocycles. The van der Waals surface area contributed by atoms with E-state index in [0.717, 1.165) is 6.42 Å². The Kier molecular flexibility index (Phi) is 2.16. The molecule has 0 amide bonds. The highest BCUT2D eigenvalue weighted by molar-refractivity contribution is 5.81. The van der Waals surface area contributed by atoms with E-state index in [1.807, 2.05) is 0 Å². The molecule has 1 aliphatic rings. The number of hydrogen-bond acceptors (Lipinski definition) is 0. The third-order valence-corrected chi connectivity index (χ3v) is 4.07. The molecule has 0 saturated heterocycles. The van der Waals surface area contributed by atoms with Gasteiger partial charge in [0.15, 0.2) is 0 Å². The summed E-state index contributed by atoms with van der Waals surface area (Å²) in [7, 11) is 0. The maximum atomic E-state index is 2.34. The van der Waals surface area contributed by atoms with Gasteiger partial charge in [0.2, 0.25) is 0 Å². The lowest BCUT2D eigenvalue weighted by Gasteiger charge is -2.11. The minimum absolute atomic E-state index is 1.11. The van der Waals surface area contributed by atoms with Gasteiger partial charge in [-0.1, -0.05) is 29.8 Å². The topological polar surface area (TPSA) is 0 Å². The summed E-state index contributed by atoms with van der Waals surface area (Å²) in [4.78, 5) is 0. The van der Waals surface area contributed by atoms with E-state index in [4.69, 9.17) is 0 Å². The maximum absolute atomic E-state index is 2.34. The van der Waals surface area contributed by atoms with Crippen LogP contribution < -0.4 is 0 Å². The van der Waals surface area contributed by atoms with Crippen LogP contribution in [0.2, 0.25) is 0 Å². The minimum Gasteiger partial charge on any atom is -0.0587 e. The van der Waals surface area contributed by atoms with E-state index in [0.29, 0.717) is 0 Å². The van der Waals surface area contributed by atoms with Crippen LogP contribution >= 0.6 is 0 Å². The predicted molar refractivity (Wildman–Crippen MR) is 73.6 cm³/mol. The molecule has 0 bridgehead atoms. The van der Waals surface area contributed by atoms with Gasteiger partial charge in [-0.2, -0.15) is 0 Å². The van der Waals surface area contributed by atoms with Crippen LogP contribution in [0.1, 0.15) is 33.4 Å². The molecule has 0 N–H and O–H groups in total. The minimum atomic E-state index is 1.11. The molecule has 3 rings (SSSR count). The summed E-state index contributed by atoms with van der Waals surface area (Å²) >= 11 is 0. The Morgan fingerprint density at radius 3 is 2.41 bits per heavy atom. The first-order valence-electron chi connectivity index (χ1n) is 6.27. The largest absolute Gasteiger partial charge is 0.0587 e. The highest BCUT2D eigenvalue weighted by Gasteiger charge is 2.22. The summed E-state index contributed by atoms with van der Waals surface area (Å²) in [6.07, 6.45) is 1.11. The zero-order valence-electron chi connectivity index (χ0n) is 11.0. The summed E-state index contributed by atoms with van der Waals surface area (Å²) in [5.74, 6) is 0. The Hall–Kier alpha value is -1.56. The van der Waals surface area contributed by atoms with Gasteiger partial charge in [0.25, 0.3) is 0 Å². The number of benzene rings is 2. The molecule has 2 aromatic rings. The van der Waals surface area contributed by atoms with Crippen molar-refractivity contribution in [3.63, 3.8) is 0 Å². The second-order valence-corrected chi connectivity index (χ2v) is 5.33. The van der Waals surface area contributed by atoms with E-state index in [9.17, 15) is 0 Å². The molecule has 0 heteroatoms. The average Bonchev–Trinajstić information content (AvgIpc) is 2.65. The third-order valence-electron chi connectivity index (χ3n) is 4.07. The van der Waals surface area contributed by atoms with Crippen LogP contribution in [0.5, 0.6) is 0 Å². The van der Waals surface area contributed by atoms with E-state index in [-0.39, 0.29) is 0 Å². The van der Waals surface area contributed by atoms with Crippen molar-refractivity contribution in [2.24, 2.45) is 0 Å². The molecule has 0 nitrogen and oxygen atoms in total. The van der Waals surface area contributed by atoms with Crippen molar-refractivity contribution in [1.29, 1.82) is 0 Å². The van der Waals surface area contributed by atoms with Crippen molar-refractivity contribution in [2.75, 3.05) is 0 Å². The van der Waals surface area contributed by atoms with Crippen LogP contribution in [0.4, 0.5) is 0 Å². The lowest BCUT2D eigenvalue weighted by atomic mass is 9.93. The van der Waals surface area contributed by atoms with Crippen LogP contribution in [0, 0.1) is 27.7 Å². The zero-order valence-corrected chi connectivity index (χ0v) is 11.0. The van der Waals surface area contributed by atoms with Gasteiger partial charge < -0.3 is 0 Å². The summed E-state index contributed by atoms with van der Waals surface area (Å²) in [6.45, 7) is 8.88. The quantitative estimate of drug-likeness (QED) is 0.525. The first-order chi connectivity index (χ1) is 8.08. The Balaban J connectivity index is 2.35. The Morgan fingerprint density at radius 1 is 0.882 bits per heavy atom. The van der Waals surface area contributed by atoms with Crippen molar-refractivity contribution in [1.82, 2.24) is 0 Å². The molecule has 0 aromatic heterocycles. The Morgan fingerprint density at radius 2 is 1.65 bits per heavy atom. The van der Waals surface area contributed by atoms with Crippen LogP contribution in [-0.2, 0) is 6.42 Å². The second-order valence-electron chi connectivity index (χ2n) is 5.33. The van der Waals surface area contributed by atoms with Crippen molar-refractivity contribution in [3.8, 4) is 11.1 Å². The molecule has 2 aromatic carbocycles. The standard InChI is InChI=1S/C17H18/c1-10-5-6-15-14(7-10)9-16-12(3)8-11(2)13(4)17(15)16/h5-8H,9H2,1-4H3. The monoisotopic (exact) mass is 222 g/mol. The van der Waals surface area contributed by atoms with Gasteiger partial charge in [-0.15, -0.1) is 0 Å². The molecule has 0 saturated carbocycles. The summed E-state index contributed by atoms with van der Waals surface area (Å²) < 4.78 is 0. The van der Waals surface area contributed by atoms with Gasteiger partial charge >= 0.3 is 0 Å². The molecule has 17 heavy (non-hydrogen) atoms. The Labute approximate surface area is 103 Å². The lowest BCUT2D eigenvalue weighted by molar-refractivity contribution is 1.19.